The molecule has 0 radical (unpaired) electrons. The highest BCUT2D eigenvalue weighted by molar-refractivity contribution is 5.95. The number of rotatable bonds is 8. The first-order chi connectivity index (χ1) is 17.7. The van der Waals surface area contributed by atoms with Crippen LogP contribution in [0, 0.1) is 0 Å². The Balaban J connectivity index is 1.35. The van der Waals surface area contributed by atoms with Gasteiger partial charge in [-0.2, -0.15) is 9.78 Å². The summed E-state index contributed by atoms with van der Waals surface area (Å²) in [6.45, 7) is 5.36. The molecule has 10 heteroatoms. The largest absolute Gasteiger partial charge is 0.492 e. The van der Waals surface area contributed by atoms with Crippen LogP contribution in [0.5, 0.6) is 5.75 Å². The smallest absolute Gasteiger partial charge is 0.257 e. The molecule has 1 aliphatic heterocycles. The van der Waals surface area contributed by atoms with Crippen LogP contribution >= 0.6 is 0 Å². The molecule has 0 atom stereocenters. The Kier molecular flexibility index (Phi) is 6.94. The van der Waals surface area contributed by atoms with Gasteiger partial charge in [-0.15, -0.1) is 0 Å². The van der Waals surface area contributed by atoms with Gasteiger partial charge in [0.2, 0.25) is 0 Å². The number of carbonyl (C=O) groups excluding carboxylic acids is 1. The SMILES string of the molecule is CCOc1ccccc1N1CCN(C(=O)c2cnn(-c3nccc(-c4ccco4)n3)c2COC)CC1. The zero-order valence-electron chi connectivity index (χ0n) is 20.3. The fraction of sp³-hybridized carbons (Fsp3) is 0.308. The van der Waals surface area contributed by atoms with Crippen LogP contribution in [0.15, 0.2) is 65.5 Å². The van der Waals surface area contributed by atoms with E-state index < -0.39 is 0 Å². The minimum absolute atomic E-state index is 0.0896. The van der Waals surface area contributed by atoms with Gasteiger partial charge in [0.1, 0.15) is 11.4 Å². The molecule has 1 aromatic carbocycles. The molecule has 5 rings (SSSR count). The number of carbonyl (C=O) groups is 1. The third-order valence-corrected chi connectivity index (χ3v) is 6.06. The number of ether oxygens (including phenoxy) is 2. The van der Waals surface area contributed by atoms with Crippen LogP contribution in [-0.2, 0) is 11.3 Å². The Morgan fingerprint density at radius 1 is 1.08 bits per heavy atom. The fourth-order valence-corrected chi connectivity index (χ4v) is 4.33. The molecular weight excluding hydrogens is 460 g/mol. The lowest BCUT2D eigenvalue weighted by molar-refractivity contribution is 0.0741. The van der Waals surface area contributed by atoms with E-state index >= 15 is 0 Å². The van der Waals surface area contributed by atoms with E-state index in [0.717, 1.165) is 11.4 Å². The molecule has 1 amide bonds. The maximum atomic E-state index is 13.5. The third kappa shape index (κ3) is 4.67. The molecule has 1 saturated heterocycles. The summed E-state index contributed by atoms with van der Waals surface area (Å²) < 4.78 is 18.2. The van der Waals surface area contributed by atoms with Gasteiger partial charge in [0.25, 0.3) is 11.9 Å². The van der Waals surface area contributed by atoms with E-state index in [1.54, 1.807) is 42.6 Å². The summed E-state index contributed by atoms with van der Waals surface area (Å²) in [4.78, 5) is 26.6. The monoisotopic (exact) mass is 488 g/mol. The van der Waals surface area contributed by atoms with Crippen molar-refractivity contribution in [3.8, 4) is 23.2 Å². The van der Waals surface area contributed by atoms with Crippen molar-refractivity contribution in [1.82, 2.24) is 24.6 Å². The van der Waals surface area contributed by atoms with E-state index in [1.165, 1.54) is 0 Å². The second kappa shape index (κ2) is 10.6. The normalized spacial score (nSPS) is 13.7. The molecule has 10 nitrogen and oxygen atoms in total. The minimum Gasteiger partial charge on any atom is -0.492 e. The first-order valence-corrected chi connectivity index (χ1v) is 11.9. The van der Waals surface area contributed by atoms with Crippen molar-refractivity contribution in [2.45, 2.75) is 13.5 Å². The first-order valence-electron chi connectivity index (χ1n) is 11.9. The lowest BCUT2D eigenvalue weighted by Crippen LogP contribution is -2.49. The van der Waals surface area contributed by atoms with Gasteiger partial charge < -0.3 is 23.7 Å². The lowest BCUT2D eigenvalue weighted by atomic mass is 10.2. The molecule has 4 heterocycles. The average molecular weight is 489 g/mol. The molecule has 3 aromatic heterocycles. The maximum absolute atomic E-state index is 13.5. The zero-order valence-corrected chi connectivity index (χ0v) is 20.3. The quantitative estimate of drug-likeness (QED) is 0.372. The van der Waals surface area contributed by atoms with Crippen LogP contribution in [0.1, 0.15) is 23.0 Å². The van der Waals surface area contributed by atoms with E-state index in [1.807, 2.05) is 36.1 Å². The maximum Gasteiger partial charge on any atom is 0.257 e. The van der Waals surface area contributed by atoms with Crippen molar-refractivity contribution < 1.29 is 18.7 Å². The highest BCUT2D eigenvalue weighted by Crippen LogP contribution is 2.29. The summed E-state index contributed by atoms with van der Waals surface area (Å²) in [7, 11) is 1.58. The highest BCUT2D eigenvalue weighted by Gasteiger charge is 2.28. The number of amides is 1. The van der Waals surface area contributed by atoms with Crippen molar-refractivity contribution in [1.29, 1.82) is 0 Å². The molecular formula is C26H28N6O4. The van der Waals surface area contributed by atoms with Crippen molar-refractivity contribution in [2.24, 2.45) is 0 Å². The molecule has 0 aliphatic carbocycles. The van der Waals surface area contributed by atoms with E-state index in [4.69, 9.17) is 13.9 Å². The molecule has 1 fully saturated rings. The number of hydrogen-bond acceptors (Lipinski definition) is 8. The van der Waals surface area contributed by atoms with Gasteiger partial charge in [0.05, 0.1) is 42.6 Å². The Labute approximate surface area is 209 Å². The molecule has 0 spiro atoms. The molecule has 36 heavy (non-hydrogen) atoms. The zero-order chi connectivity index (χ0) is 24.9. The number of aromatic nitrogens is 4. The van der Waals surface area contributed by atoms with Gasteiger partial charge in [0.15, 0.2) is 5.76 Å². The Hall–Kier alpha value is -4.18. The number of benzene rings is 1. The molecule has 0 saturated carbocycles. The van der Waals surface area contributed by atoms with Gasteiger partial charge in [-0.3, -0.25) is 4.79 Å². The van der Waals surface area contributed by atoms with Crippen molar-refractivity contribution >= 4 is 11.6 Å². The summed E-state index contributed by atoms with van der Waals surface area (Å²) in [6.07, 6.45) is 4.79. The van der Waals surface area contributed by atoms with Crippen LogP contribution in [0.4, 0.5) is 5.69 Å². The summed E-state index contributed by atoms with van der Waals surface area (Å²) in [5, 5.41) is 4.44. The van der Waals surface area contributed by atoms with Crippen molar-refractivity contribution in [2.75, 3.05) is 44.8 Å². The Bertz CT molecular complexity index is 1310. The number of para-hydroxylation sites is 2. The van der Waals surface area contributed by atoms with E-state index in [9.17, 15) is 4.79 Å². The van der Waals surface area contributed by atoms with Crippen LogP contribution in [0.3, 0.4) is 0 Å². The number of piperazine rings is 1. The van der Waals surface area contributed by atoms with Crippen molar-refractivity contribution in [3.05, 3.63) is 72.4 Å². The average Bonchev–Trinajstić information content (AvgIpc) is 3.60. The predicted octanol–water partition coefficient (Wildman–Crippen LogP) is 3.43. The van der Waals surface area contributed by atoms with Gasteiger partial charge in [-0.05, 0) is 37.3 Å². The lowest BCUT2D eigenvalue weighted by Gasteiger charge is -2.36. The molecule has 0 N–H and O–H groups in total. The number of furan rings is 1. The van der Waals surface area contributed by atoms with E-state index in [-0.39, 0.29) is 12.5 Å². The van der Waals surface area contributed by atoms with Crippen LogP contribution < -0.4 is 9.64 Å². The number of anilines is 1. The number of nitrogens with zero attached hydrogens (tertiary/aromatic N) is 6. The van der Waals surface area contributed by atoms with Crippen molar-refractivity contribution in [3.63, 3.8) is 0 Å². The second-order valence-corrected chi connectivity index (χ2v) is 8.25. The molecule has 186 valence electrons. The second-order valence-electron chi connectivity index (χ2n) is 8.25. The van der Waals surface area contributed by atoms with Crippen LogP contribution in [0.25, 0.3) is 17.4 Å². The molecule has 4 aromatic rings. The highest BCUT2D eigenvalue weighted by atomic mass is 16.5. The van der Waals surface area contributed by atoms with Gasteiger partial charge in [0, 0.05) is 39.5 Å². The molecule has 1 aliphatic rings. The van der Waals surface area contributed by atoms with Gasteiger partial charge in [-0.1, -0.05) is 12.1 Å². The topological polar surface area (TPSA) is 98.8 Å². The molecule has 0 unspecified atom stereocenters. The summed E-state index contributed by atoms with van der Waals surface area (Å²) in [5.41, 5.74) is 2.75. The third-order valence-electron chi connectivity index (χ3n) is 6.06. The van der Waals surface area contributed by atoms with Gasteiger partial charge >= 0.3 is 0 Å². The summed E-state index contributed by atoms with van der Waals surface area (Å²) in [5.74, 6) is 1.74. The summed E-state index contributed by atoms with van der Waals surface area (Å²) in [6, 6.07) is 13.4. The standard InChI is InChI=1S/C26H28N6O4/c1-3-35-24-8-5-4-7-21(24)30-12-14-31(15-13-30)25(33)19-17-28-32(22(19)18-34-2)26-27-11-10-20(29-26)23-9-6-16-36-23/h4-11,16-17H,3,12-15,18H2,1-2H3. The predicted molar refractivity (Wildman–Crippen MR) is 133 cm³/mol. The number of methoxy groups -OCH3 is 1. The fourth-order valence-electron chi connectivity index (χ4n) is 4.33. The first kappa shape index (κ1) is 23.6. The Morgan fingerprint density at radius 2 is 1.92 bits per heavy atom. The van der Waals surface area contributed by atoms with Crippen LogP contribution in [-0.4, -0.2) is 70.5 Å². The van der Waals surface area contributed by atoms with E-state index in [2.05, 4.69) is 26.0 Å². The van der Waals surface area contributed by atoms with Gasteiger partial charge in [-0.25, -0.2) is 9.97 Å². The summed E-state index contributed by atoms with van der Waals surface area (Å²) >= 11 is 0. The minimum atomic E-state index is -0.0896. The molecule has 0 bridgehead atoms. The number of hydrogen-bond donors (Lipinski definition) is 0. The van der Waals surface area contributed by atoms with Crippen LogP contribution in [0.2, 0.25) is 0 Å². The Morgan fingerprint density at radius 3 is 2.67 bits per heavy atom. The van der Waals surface area contributed by atoms with E-state index in [0.29, 0.717) is 61.4 Å².